The molecule has 0 fully saturated rings. The molecule has 0 unspecified atom stereocenters. The first-order valence-corrected chi connectivity index (χ1v) is 21.7. The fourth-order valence-corrected chi connectivity index (χ4v) is 6.65. The summed E-state index contributed by atoms with van der Waals surface area (Å²) in [6.45, 7) is 9.07. The third kappa shape index (κ3) is 13.0. The molecule has 4 N–H and O–H groups in total. The summed E-state index contributed by atoms with van der Waals surface area (Å²) in [7, 11) is 3.55. The summed E-state index contributed by atoms with van der Waals surface area (Å²) in [6, 6.07) is 11.9. The van der Waals surface area contributed by atoms with Crippen LogP contribution in [0.25, 0.3) is 16.9 Å². The molecule has 0 aliphatic carbocycles. The minimum atomic E-state index is -0.598. The quantitative estimate of drug-likeness (QED) is 0.0808. The first-order valence-electron chi connectivity index (χ1n) is 20.6. The predicted octanol–water partition coefficient (Wildman–Crippen LogP) is 5.17. The van der Waals surface area contributed by atoms with Gasteiger partial charge in [-0.1, -0.05) is 46.9 Å². The number of anilines is 1. The van der Waals surface area contributed by atoms with E-state index in [0.29, 0.717) is 42.4 Å². The van der Waals surface area contributed by atoms with E-state index in [9.17, 15) is 29.1 Å². The van der Waals surface area contributed by atoms with Gasteiger partial charge in [-0.2, -0.15) is 24.3 Å². The van der Waals surface area contributed by atoms with Crippen LogP contribution in [-0.4, -0.2) is 126 Å². The Labute approximate surface area is 407 Å². The van der Waals surface area contributed by atoms with Crippen LogP contribution in [0.4, 0.5) is 5.82 Å². The molecular weight excluding hydrogens is 967 g/mol. The van der Waals surface area contributed by atoms with E-state index in [-0.39, 0.29) is 75.1 Å². The molecule has 0 saturated carbocycles. The molecule has 69 heavy (non-hydrogen) atoms. The number of aliphatic imine (C=N–C) groups is 1. The number of methoxy groups -OCH3 is 1. The molecule has 6 aromatic heterocycles. The van der Waals surface area contributed by atoms with Crippen LogP contribution in [0.1, 0.15) is 64.3 Å². The van der Waals surface area contributed by atoms with Crippen molar-refractivity contribution in [2.45, 2.75) is 34.2 Å². The van der Waals surface area contributed by atoms with Crippen LogP contribution in [0.2, 0.25) is 15.5 Å². The topological polar surface area (TPSA) is 287 Å². The second-order valence-corrected chi connectivity index (χ2v) is 14.9. The summed E-state index contributed by atoms with van der Waals surface area (Å²) in [5.74, 6) is -0.771. The summed E-state index contributed by atoms with van der Waals surface area (Å²) in [5, 5.41) is 22.1. The number of hydrogen-bond acceptors (Lipinski definition) is 19. The smallest absolute Gasteiger partial charge is 0.343 e. The van der Waals surface area contributed by atoms with E-state index in [4.69, 9.17) is 64.2 Å². The number of benzene rings is 1. The fraction of sp³-hybridized carbons (Fsp3) is 0.279. The summed E-state index contributed by atoms with van der Waals surface area (Å²) in [4.78, 5) is 73.6. The maximum absolute atomic E-state index is 12.1. The molecule has 364 valence electrons. The Kier molecular flexibility index (Phi) is 18.4. The Morgan fingerprint density at radius 3 is 1.80 bits per heavy atom. The molecule has 0 atom stereocenters. The van der Waals surface area contributed by atoms with Crippen molar-refractivity contribution >= 4 is 87.7 Å². The summed E-state index contributed by atoms with van der Waals surface area (Å²) < 4.78 is 28.5. The van der Waals surface area contributed by atoms with Gasteiger partial charge in [-0.15, -0.1) is 0 Å². The SMILES string of the molecule is CCOC(=O)C1=C(N)CN=C1.CCOC(=O)c1cnn2c(Cl)cc(Cl)nc12.CCOC(=O)c1cnn2c(N(C)Cc3ccc(OC)cc3)cc(Cl)nc12.CCOC(=O)c1cnn2c(O)cc(=O)[nH]c12. The number of nitrogens with zero attached hydrogens (tertiary/aromatic N) is 10. The monoisotopic (exact) mass is 1010 g/mol. The van der Waals surface area contributed by atoms with Gasteiger partial charge >= 0.3 is 23.9 Å². The number of esters is 4. The molecular formula is C43H45Cl3N12O11. The molecule has 8 rings (SSSR count). The molecule has 1 aromatic carbocycles. The minimum absolute atomic E-state index is 0.106. The number of H-pyrrole nitrogens is 1. The maximum atomic E-state index is 12.1. The van der Waals surface area contributed by atoms with Gasteiger partial charge in [-0.3, -0.25) is 9.79 Å². The highest BCUT2D eigenvalue weighted by atomic mass is 35.5. The van der Waals surface area contributed by atoms with Gasteiger partial charge in [0.2, 0.25) is 5.88 Å². The number of nitrogens with one attached hydrogen (secondary N) is 1. The van der Waals surface area contributed by atoms with Crippen molar-refractivity contribution < 1.29 is 48.0 Å². The minimum Gasteiger partial charge on any atom is -0.497 e. The highest BCUT2D eigenvalue weighted by molar-refractivity contribution is 6.33. The second-order valence-electron chi connectivity index (χ2n) is 13.7. The van der Waals surface area contributed by atoms with E-state index < -0.39 is 23.5 Å². The van der Waals surface area contributed by atoms with Gasteiger partial charge in [-0.25, -0.2) is 33.7 Å². The maximum Gasteiger partial charge on any atom is 0.343 e. The van der Waals surface area contributed by atoms with Crippen molar-refractivity contribution in [2.24, 2.45) is 10.7 Å². The van der Waals surface area contributed by atoms with Gasteiger partial charge in [0.25, 0.3) is 5.56 Å². The van der Waals surface area contributed by atoms with Gasteiger partial charge in [0.05, 0.1) is 70.3 Å². The van der Waals surface area contributed by atoms with Gasteiger partial charge in [0.15, 0.2) is 16.9 Å². The van der Waals surface area contributed by atoms with Crippen molar-refractivity contribution in [3.8, 4) is 11.6 Å². The number of aromatic nitrogens is 9. The van der Waals surface area contributed by atoms with Crippen LogP contribution in [0.15, 0.2) is 82.1 Å². The lowest BCUT2D eigenvalue weighted by Gasteiger charge is -2.20. The van der Waals surface area contributed by atoms with Crippen molar-refractivity contribution in [3.05, 3.63) is 120 Å². The number of fused-ring (bicyclic) bond motifs is 3. The molecule has 7 aromatic rings. The molecule has 1 aliphatic heterocycles. The Morgan fingerprint density at radius 1 is 0.739 bits per heavy atom. The standard InChI is InChI=1S/C18H19ClN4O3.C9H7Cl2N3O2.C9H9N3O4.C7H10N2O2/c1-4-26-18(24)14-10-20-23-16(9-15(19)21-17(14)23)22(2)11-12-5-7-13(25-3)8-6-12;1-2-16-9(15)5-4-12-14-7(11)3-6(10)13-8(5)14;1-2-16-9(15)5-4-10-12-7(14)3-6(13)11-8(5)12;1-2-11-7(10)5-3-9-4-6(5)8/h5-10H,4,11H2,1-3H3;3-4H,2H2,1H3;3-4,14H,2H2,1H3,(H,11,13);3H,2,4,8H2,1H3. The lowest BCUT2D eigenvalue weighted by molar-refractivity contribution is -0.137. The third-order valence-electron chi connectivity index (χ3n) is 9.09. The number of ether oxygens (including phenoxy) is 5. The molecule has 0 saturated heterocycles. The van der Waals surface area contributed by atoms with E-state index in [2.05, 4.69) is 35.2 Å². The predicted molar refractivity (Wildman–Crippen MR) is 253 cm³/mol. The Morgan fingerprint density at radius 2 is 1.25 bits per heavy atom. The van der Waals surface area contributed by atoms with Crippen molar-refractivity contribution in [3.63, 3.8) is 0 Å². The second kappa shape index (κ2) is 24.3. The number of hydrogen-bond donors (Lipinski definition) is 3. The summed E-state index contributed by atoms with van der Waals surface area (Å²) in [6.07, 6.45) is 5.47. The molecule has 0 radical (unpaired) electrons. The lowest BCUT2D eigenvalue weighted by atomic mass is 10.2. The van der Waals surface area contributed by atoms with Gasteiger partial charge in [0.1, 0.15) is 43.7 Å². The summed E-state index contributed by atoms with van der Waals surface area (Å²) >= 11 is 17.8. The van der Waals surface area contributed by atoms with Crippen molar-refractivity contribution in [1.29, 1.82) is 0 Å². The van der Waals surface area contributed by atoms with Gasteiger partial charge < -0.3 is 44.4 Å². The van der Waals surface area contributed by atoms with E-state index in [0.717, 1.165) is 21.9 Å². The Balaban J connectivity index is 0.000000180. The largest absolute Gasteiger partial charge is 0.497 e. The molecule has 0 bridgehead atoms. The average Bonchev–Trinajstić information content (AvgIpc) is 4.14. The van der Waals surface area contributed by atoms with E-state index in [1.807, 2.05) is 36.2 Å². The lowest BCUT2D eigenvalue weighted by Crippen LogP contribution is -2.20. The number of aromatic amines is 1. The number of halogens is 3. The number of carbonyl (C=O) groups excluding carboxylic acids is 4. The highest BCUT2D eigenvalue weighted by Crippen LogP contribution is 2.24. The molecule has 23 nitrogen and oxygen atoms in total. The van der Waals surface area contributed by atoms with E-state index in [1.54, 1.807) is 45.4 Å². The average molecular weight is 1010 g/mol. The summed E-state index contributed by atoms with van der Waals surface area (Å²) in [5.41, 5.74) is 8.33. The van der Waals surface area contributed by atoms with Crippen molar-refractivity contribution in [1.82, 2.24) is 43.8 Å². The Hall–Kier alpha value is -7.76. The normalized spacial score (nSPS) is 11.5. The number of aromatic hydroxyl groups is 1. The Bertz CT molecular complexity index is 3090. The zero-order valence-corrected chi connectivity index (χ0v) is 40.1. The number of rotatable bonds is 12. The number of carbonyl (C=O) groups is 4. The molecule has 0 amide bonds. The zero-order valence-electron chi connectivity index (χ0n) is 37.8. The first kappa shape index (κ1) is 52.2. The van der Waals surface area contributed by atoms with Crippen LogP contribution >= 0.6 is 34.8 Å². The molecule has 26 heteroatoms. The zero-order chi connectivity index (χ0) is 50.4. The van der Waals surface area contributed by atoms with Gasteiger partial charge in [0, 0.05) is 37.6 Å². The van der Waals surface area contributed by atoms with Gasteiger partial charge in [-0.05, 0) is 45.4 Å². The molecule has 0 spiro atoms. The third-order valence-corrected chi connectivity index (χ3v) is 9.74. The highest BCUT2D eigenvalue weighted by Gasteiger charge is 2.21. The van der Waals surface area contributed by atoms with Crippen LogP contribution in [0.3, 0.4) is 0 Å². The van der Waals surface area contributed by atoms with E-state index >= 15 is 0 Å². The first-order chi connectivity index (χ1) is 33.0. The molecule has 1 aliphatic rings. The fourth-order valence-electron chi connectivity index (χ4n) is 6.01. The van der Waals surface area contributed by atoms with Crippen LogP contribution in [0, 0.1) is 0 Å². The number of nitrogens with two attached hydrogens (primary N) is 1. The van der Waals surface area contributed by atoms with E-state index in [1.165, 1.54) is 35.4 Å². The molecule has 7 heterocycles. The van der Waals surface area contributed by atoms with Crippen LogP contribution in [0.5, 0.6) is 11.6 Å². The van der Waals surface area contributed by atoms with Crippen molar-refractivity contribution in [2.75, 3.05) is 52.0 Å². The van der Waals surface area contributed by atoms with Crippen LogP contribution in [-0.2, 0) is 30.3 Å². The van der Waals surface area contributed by atoms with Crippen LogP contribution < -0.4 is 20.9 Å².